The highest BCUT2D eigenvalue weighted by Gasteiger charge is 2.47. The number of para-hydroxylation sites is 2. The highest BCUT2D eigenvalue weighted by molar-refractivity contribution is 5.87. The van der Waals surface area contributed by atoms with Crippen LogP contribution in [0, 0.1) is 28.9 Å². The van der Waals surface area contributed by atoms with E-state index in [4.69, 9.17) is 9.47 Å². The van der Waals surface area contributed by atoms with Crippen LogP contribution in [0.1, 0.15) is 30.4 Å². The van der Waals surface area contributed by atoms with Crippen molar-refractivity contribution in [1.82, 2.24) is 0 Å². The minimum Gasteiger partial charge on any atom is -0.492 e. The summed E-state index contributed by atoms with van der Waals surface area (Å²) in [5.74, 6) is -0.0220. The van der Waals surface area contributed by atoms with Gasteiger partial charge in [-0.2, -0.15) is 5.26 Å². The summed E-state index contributed by atoms with van der Waals surface area (Å²) in [5, 5.41) is 9.27. The van der Waals surface area contributed by atoms with Crippen molar-refractivity contribution in [1.29, 1.82) is 5.26 Å². The minimum absolute atomic E-state index is 0.0684. The maximum absolute atomic E-state index is 14.8. The number of ether oxygens (including phenoxy) is 2. The normalized spacial score (nSPS) is 21.7. The molecule has 3 aromatic carbocycles. The molecule has 202 valence electrons. The number of amides is 1. The Kier molecular flexibility index (Phi) is 8.08. The lowest BCUT2D eigenvalue weighted by molar-refractivity contribution is -0.946. The average Bonchev–Trinajstić information content (AvgIpc) is 2.96. The van der Waals surface area contributed by atoms with Gasteiger partial charge in [0.15, 0.2) is 6.10 Å². The third-order valence-corrected chi connectivity index (χ3v) is 7.95. The Morgan fingerprint density at radius 3 is 2.46 bits per heavy atom. The van der Waals surface area contributed by atoms with Gasteiger partial charge >= 0.3 is 6.09 Å². The zero-order valence-electron chi connectivity index (χ0n) is 21.8. The van der Waals surface area contributed by atoms with Gasteiger partial charge < -0.3 is 14.0 Å². The Morgan fingerprint density at radius 2 is 1.72 bits per heavy atom. The van der Waals surface area contributed by atoms with E-state index in [9.17, 15) is 18.8 Å². The van der Waals surface area contributed by atoms with Crippen LogP contribution in [-0.2, 0) is 11.3 Å². The van der Waals surface area contributed by atoms with Crippen molar-refractivity contribution in [2.75, 3.05) is 37.7 Å². The molecule has 39 heavy (non-hydrogen) atoms. The average molecular weight is 533 g/mol. The van der Waals surface area contributed by atoms with Crippen LogP contribution in [0.2, 0.25) is 0 Å². The van der Waals surface area contributed by atoms with E-state index in [-0.39, 0.29) is 30.1 Å². The molecular formula is C31H32F2N3O3+. The van der Waals surface area contributed by atoms with E-state index in [1.807, 2.05) is 12.1 Å². The standard InChI is InChI=1S/C31H32F2N3O3/c32-26-12-10-23(11-13-26)21-35(28-8-3-2-7-27(28)33)31(37)39-30-22-36(17-14-24(30)15-18-36)16-5-19-38-29-9-4-1-6-25(29)20-34/h1-4,6-13,24,30H,5,14-19,21-22H2/q+1. The molecule has 0 N–H and O–H groups in total. The molecule has 1 unspecified atom stereocenters. The molecule has 8 heteroatoms. The molecule has 0 spiro atoms. The molecular weight excluding hydrogens is 500 g/mol. The maximum atomic E-state index is 14.8. The van der Waals surface area contributed by atoms with Crippen molar-refractivity contribution >= 4 is 11.8 Å². The highest BCUT2D eigenvalue weighted by Crippen LogP contribution is 2.36. The van der Waals surface area contributed by atoms with Crippen molar-refractivity contribution in [3.8, 4) is 11.8 Å². The number of carbonyl (C=O) groups excluding carboxylic acids is 1. The number of piperidine rings is 3. The van der Waals surface area contributed by atoms with Gasteiger partial charge in [-0.15, -0.1) is 0 Å². The Hall–Kier alpha value is -3.96. The molecule has 3 fully saturated rings. The summed E-state index contributed by atoms with van der Waals surface area (Å²) >= 11 is 0. The smallest absolute Gasteiger partial charge is 0.415 e. The van der Waals surface area contributed by atoms with Gasteiger partial charge in [0.1, 0.15) is 30.0 Å². The number of benzene rings is 3. The number of fused-ring (bicyclic) bond motifs is 3. The second-order valence-electron chi connectivity index (χ2n) is 10.4. The zero-order valence-corrected chi connectivity index (χ0v) is 21.8. The molecule has 1 amide bonds. The van der Waals surface area contributed by atoms with Gasteiger partial charge in [0.2, 0.25) is 0 Å². The van der Waals surface area contributed by atoms with Crippen LogP contribution in [0.25, 0.3) is 0 Å². The second kappa shape index (κ2) is 11.8. The van der Waals surface area contributed by atoms with Crippen LogP contribution in [0.4, 0.5) is 19.3 Å². The fraction of sp³-hybridized carbons (Fsp3) is 0.355. The van der Waals surface area contributed by atoms with Gasteiger partial charge in [-0.05, 0) is 42.0 Å². The quantitative estimate of drug-likeness (QED) is 0.248. The minimum atomic E-state index is -0.599. The van der Waals surface area contributed by atoms with Gasteiger partial charge in [-0.1, -0.05) is 36.4 Å². The third-order valence-electron chi connectivity index (χ3n) is 7.95. The molecule has 6 rings (SSSR count). The fourth-order valence-corrected chi connectivity index (χ4v) is 5.82. The first-order valence-corrected chi connectivity index (χ1v) is 13.4. The first-order chi connectivity index (χ1) is 19.0. The Labute approximate surface area is 227 Å². The fourth-order valence-electron chi connectivity index (χ4n) is 5.82. The van der Waals surface area contributed by atoms with Gasteiger partial charge in [-0.25, -0.2) is 13.6 Å². The molecule has 2 bridgehead atoms. The summed E-state index contributed by atoms with van der Waals surface area (Å²) in [7, 11) is 0. The molecule has 0 radical (unpaired) electrons. The second-order valence-corrected chi connectivity index (χ2v) is 10.4. The number of nitrogens with zero attached hydrogens (tertiary/aromatic N) is 3. The summed E-state index contributed by atoms with van der Waals surface area (Å²) in [6.07, 6.45) is 1.89. The van der Waals surface area contributed by atoms with Gasteiger partial charge in [0.05, 0.1) is 44.0 Å². The summed E-state index contributed by atoms with van der Waals surface area (Å²) in [6, 6.07) is 21.3. The van der Waals surface area contributed by atoms with Crippen molar-refractivity contribution < 1.29 is 27.5 Å². The summed E-state index contributed by atoms with van der Waals surface area (Å²) in [6.45, 7) is 4.24. The van der Waals surface area contributed by atoms with E-state index in [0.29, 0.717) is 30.0 Å². The Bertz CT molecular complexity index is 1330. The van der Waals surface area contributed by atoms with Crippen LogP contribution < -0.4 is 9.64 Å². The van der Waals surface area contributed by atoms with Crippen LogP contribution in [0.5, 0.6) is 5.75 Å². The summed E-state index contributed by atoms with van der Waals surface area (Å²) in [4.78, 5) is 14.8. The third kappa shape index (κ3) is 6.21. The molecule has 3 aromatic rings. The molecule has 3 saturated heterocycles. The highest BCUT2D eigenvalue weighted by atomic mass is 19.1. The van der Waals surface area contributed by atoms with E-state index in [1.54, 1.807) is 42.5 Å². The predicted molar refractivity (Wildman–Crippen MR) is 143 cm³/mol. The molecule has 3 aliphatic rings. The largest absolute Gasteiger partial charge is 0.492 e. The van der Waals surface area contributed by atoms with Crippen LogP contribution in [0.15, 0.2) is 72.8 Å². The van der Waals surface area contributed by atoms with E-state index < -0.39 is 11.9 Å². The molecule has 3 heterocycles. The van der Waals surface area contributed by atoms with Crippen LogP contribution in [-0.4, -0.2) is 49.5 Å². The Balaban J connectivity index is 1.24. The number of anilines is 1. The number of rotatable bonds is 9. The van der Waals surface area contributed by atoms with Crippen molar-refractivity contribution in [2.45, 2.75) is 31.9 Å². The van der Waals surface area contributed by atoms with Crippen molar-refractivity contribution in [2.24, 2.45) is 5.92 Å². The van der Waals surface area contributed by atoms with E-state index in [0.717, 1.165) is 43.4 Å². The topological polar surface area (TPSA) is 62.6 Å². The van der Waals surface area contributed by atoms with E-state index >= 15 is 0 Å². The van der Waals surface area contributed by atoms with Crippen LogP contribution in [0.3, 0.4) is 0 Å². The number of nitriles is 1. The first kappa shape index (κ1) is 26.6. The lowest BCUT2D eigenvalue weighted by Crippen LogP contribution is -2.65. The number of halogens is 2. The monoisotopic (exact) mass is 532 g/mol. The van der Waals surface area contributed by atoms with E-state index in [1.165, 1.54) is 23.1 Å². The van der Waals surface area contributed by atoms with Gasteiger partial charge in [0, 0.05) is 25.2 Å². The molecule has 6 nitrogen and oxygen atoms in total. The molecule has 0 aromatic heterocycles. The Morgan fingerprint density at radius 1 is 1.00 bits per heavy atom. The lowest BCUT2D eigenvalue weighted by Gasteiger charge is -2.52. The molecule has 3 aliphatic heterocycles. The molecule has 1 atom stereocenters. The molecule has 0 aliphatic carbocycles. The first-order valence-electron chi connectivity index (χ1n) is 13.4. The van der Waals surface area contributed by atoms with Crippen molar-refractivity contribution in [3.05, 3.63) is 95.6 Å². The van der Waals surface area contributed by atoms with Gasteiger partial charge in [0.25, 0.3) is 0 Å². The number of hydrogen-bond donors (Lipinski definition) is 0. The number of carbonyl (C=O) groups is 1. The van der Waals surface area contributed by atoms with Crippen LogP contribution >= 0.6 is 0 Å². The van der Waals surface area contributed by atoms with Gasteiger partial charge in [-0.3, -0.25) is 4.90 Å². The summed E-state index contributed by atoms with van der Waals surface area (Å²) in [5.41, 5.74) is 1.33. The molecule has 0 saturated carbocycles. The number of quaternary nitrogens is 1. The predicted octanol–water partition coefficient (Wildman–Crippen LogP) is 6.06. The van der Waals surface area contributed by atoms with E-state index in [2.05, 4.69) is 6.07 Å². The SMILES string of the molecule is N#Cc1ccccc1OCCC[N+]12CCC(CC1)C(OC(=O)N(Cc1ccc(F)cc1)c1ccccc1F)C2. The summed E-state index contributed by atoms with van der Waals surface area (Å²) < 4.78 is 41.0. The maximum Gasteiger partial charge on any atom is 0.415 e. The number of hydrogen-bond acceptors (Lipinski definition) is 4. The zero-order chi connectivity index (χ0) is 27.2. The lowest BCUT2D eigenvalue weighted by atomic mass is 9.83. The van der Waals surface area contributed by atoms with Crippen molar-refractivity contribution in [3.63, 3.8) is 0 Å².